The third-order valence-corrected chi connectivity index (χ3v) is 5.18. The van der Waals surface area contributed by atoms with Gasteiger partial charge in [0.05, 0.1) is 17.4 Å². The third kappa shape index (κ3) is 5.75. The summed E-state index contributed by atoms with van der Waals surface area (Å²) < 4.78 is 7.07. The summed E-state index contributed by atoms with van der Waals surface area (Å²) in [7, 11) is 1.74. The molecule has 0 radical (unpaired) electrons. The van der Waals surface area contributed by atoms with E-state index in [1.54, 1.807) is 41.2 Å². The maximum Gasteiger partial charge on any atom is 0.410 e. The van der Waals surface area contributed by atoms with E-state index in [0.29, 0.717) is 30.2 Å². The zero-order valence-electron chi connectivity index (χ0n) is 18.0. The lowest BCUT2D eigenvalue weighted by molar-refractivity contribution is 0.0244. The maximum atomic E-state index is 13.0. The van der Waals surface area contributed by atoms with Crippen LogP contribution in [0.3, 0.4) is 0 Å². The summed E-state index contributed by atoms with van der Waals surface area (Å²) in [5.74, 6) is 0.163. The molecule has 1 fully saturated rings. The minimum absolute atomic E-state index is 0.0482. The van der Waals surface area contributed by atoms with Crippen LogP contribution in [-0.2, 0) is 4.74 Å². The lowest BCUT2D eigenvalue weighted by Gasteiger charge is -2.35. The average molecular weight is 433 g/mol. The second kappa shape index (κ2) is 9.08. The number of carbonyl (C=O) groups excluding carboxylic acids is 2. The van der Waals surface area contributed by atoms with E-state index < -0.39 is 5.60 Å². The molecule has 1 unspecified atom stereocenters. The summed E-state index contributed by atoms with van der Waals surface area (Å²) in [6.07, 6.45) is 4.85. The van der Waals surface area contributed by atoms with E-state index in [0.717, 1.165) is 18.5 Å². The third-order valence-electron chi connectivity index (χ3n) is 4.95. The normalized spacial score (nSPS) is 17.0. The molecule has 30 heavy (non-hydrogen) atoms. The predicted molar refractivity (Wildman–Crippen MR) is 116 cm³/mol. The molecule has 0 bridgehead atoms. The van der Waals surface area contributed by atoms with Gasteiger partial charge in [0, 0.05) is 37.9 Å². The first-order valence-electron chi connectivity index (χ1n) is 10.2. The van der Waals surface area contributed by atoms with Crippen molar-refractivity contribution in [2.45, 2.75) is 39.2 Å². The Morgan fingerprint density at radius 3 is 2.80 bits per heavy atom. The second-order valence-electron chi connectivity index (χ2n) is 8.77. The van der Waals surface area contributed by atoms with Crippen molar-refractivity contribution >= 4 is 23.6 Å². The molecule has 1 atom stereocenters. The van der Waals surface area contributed by atoms with E-state index in [4.69, 9.17) is 16.3 Å². The highest BCUT2D eigenvalue weighted by molar-refractivity contribution is 6.30. The van der Waals surface area contributed by atoms with Crippen molar-refractivity contribution in [3.63, 3.8) is 0 Å². The van der Waals surface area contributed by atoms with Crippen molar-refractivity contribution in [1.82, 2.24) is 19.6 Å². The molecule has 7 nitrogen and oxygen atoms in total. The monoisotopic (exact) mass is 432 g/mol. The largest absolute Gasteiger partial charge is 0.444 e. The van der Waals surface area contributed by atoms with E-state index >= 15 is 0 Å². The molecule has 0 saturated carbocycles. The molecular formula is C22H29ClN4O3. The van der Waals surface area contributed by atoms with Crippen LogP contribution in [0.15, 0.2) is 36.7 Å². The minimum Gasteiger partial charge on any atom is -0.444 e. The average Bonchev–Trinajstić information content (AvgIpc) is 3.16. The van der Waals surface area contributed by atoms with Crippen LogP contribution < -0.4 is 0 Å². The smallest absolute Gasteiger partial charge is 0.410 e. The van der Waals surface area contributed by atoms with E-state index in [1.165, 1.54) is 0 Å². The zero-order valence-corrected chi connectivity index (χ0v) is 18.7. The molecule has 1 aromatic carbocycles. The number of ether oxygens (including phenoxy) is 1. The number of hydrogen-bond acceptors (Lipinski definition) is 4. The Kier molecular flexibility index (Phi) is 6.71. The molecule has 0 N–H and O–H groups in total. The fourth-order valence-electron chi connectivity index (χ4n) is 3.58. The van der Waals surface area contributed by atoms with Gasteiger partial charge in [-0.05, 0) is 57.7 Å². The molecule has 8 heteroatoms. The Balaban J connectivity index is 1.61. The van der Waals surface area contributed by atoms with Crippen molar-refractivity contribution < 1.29 is 14.3 Å². The highest BCUT2D eigenvalue weighted by atomic mass is 35.5. The number of benzene rings is 1. The van der Waals surface area contributed by atoms with Crippen LogP contribution in [0, 0.1) is 5.92 Å². The fourth-order valence-corrected chi connectivity index (χ4v) is 3.76. The number of piperidine rings is 1. The zero-order chi connectivity index (χ0) is 21.9. The number of likely N-dealkylation sites (tertiary alicyclic amines) is 1. The lowest BCUT2D eigenvalue weighted by atomic mass is 9.97. The molecule has 2 amide bonds. The molecule has 1 aliphatic heterocycles. The summed E-state index contributed by atoms with van der Waals surface area (Å²) in [5.41, 5.74) is 0.816. The highest BCUT2D eigenvalue weighted by Crippen LogP contribution is 2.21. The molecule has 3 rings (SSSR count). The van der Waals surface area contributed by atoms with Gasteiger partial charge in [0.1, 0.15) is 5.60 Å². The van der Waals surface area contributed by atoms with Crippen molar-refractivity contribution in [3.8, 4) is 5.69 Å². The Labute approximate surface area is 182 Å². The van der Waals surface area contributed by atoms with Gasteiger partial charge in [-0.15, -0.1) is 0 Å². The topological polar surface area (TPSA) is 67.7 Å². The summed E-state index contributed by atoms with van der Waals surface area (Å²) in [4.78, 5) is 28.7. The molecule has 1 saturated heterocycles. The number of rotatable bonds is 4. The molecular weight excluding hydrogens is 404 g/mol. The van der Waals surface area contributed by atoms with Crippen molar-refractivity contribution in [2.24, 2.45) is 5.92 Å². The number of halogens is 1. The fraction of sp³-hybridized carbons (Fsp3) is 0.500. The number of carbonyl (C=O) groups is 2. The van der Waals surface area contributed by atoms with E-state index in [9.17, 15) is 9.59 Å². The Bertz CT molecular complexity index is 906. The first-order chi connectivity index (χ1) is 14.1. The van der Waals surface area contributed by atoms with Crippen LogP contribution in [0.5, 0.6) is 0 Å². The highest BCUT2D eigenvalue weighted by Gasteiger charge is 2.28. The number of nitrogens with zero attached hydrogens (tertiary/aromatic N) is 4. The van der Waals surface area contributed by atoms with Gasteiger partial charge in [0.2, 0.25) is 0 Å². The van der Waals surface area contributed by atoms with Gasteiger partial charge < -0.3 is 14.5 Å². The van der Waals surface area contributed by atoms with Crippen molar-refractivity contribution in [1.29, 1.82) is 0 Å². The van der Waals surface area contributed by atoms with Crippen molar-refractivity contribution in [3.05, 3.63) is 47.2 Å². The lowest BCUT2D eigenvalue weighted by Crippen LogP contribution is -2.45. The number of aromatic nitrogens is 2. The Morgan fingerprint density at radius 2 is 2.10 bits per heavy atom. The maximum absolute atomic E-state index is 13.0. The van der Waals surface area contributed by atoms with Crippen LogP contribution in [0.4, 0.5) is 4.79 Å². The first kappa shape index (κ1) is 22.2. The summed E-state index contributed by atoms with van der Waals surface area (Å²) >= 11 is 6.05. The van der Waals surface area contributed by atoms with Crippen LogP contribution >= 0.6 is 11.6 Å². The van der Waals surface area contributed by atoms with Gasteiger partial charge in [0.15, 0.2) is 0 Å². The molecule has 2 aromatic rings. The van der Waals surface area contributed by atoms with Gasteiger partial charge in [-0.3, -0.25) is 4.79 Å². The predicted octanol–water partition coefficient (Wildman–Crippen LogP) is 4.24. The number of amides is 2. The Morgan fingerprint density at radius 1 is 1.33 bits per heavy atom. The molecule has 162 valence electrons. The van der Waals surface area contributed by atoms with Gasteiger partial charge in [-0.2, -0.15) is 5.10 Å². The van der Waals surface area contributed by atoms with E-state index in [1.807, 2.05) is 37.8 Å². The number of hydrogen-bond donors (Lipinski definition) is 0. The quantitative estimate of drug-likeness (QED) is 0.724. The molecule has 1 aromatic heterocycles. The van der Waals surface area contributed by atoms with Crippen LogP contribution in [-0.4, -0.2) is 63.9 Å². The van der Waals surface area contributed by atoms with E-state index in [-0.39, 0.29) is 17.9 Å². The van der Waals surface area contributed by atoms with Gasteiger partial charge in [-0.1, -0.05) is 17.7 Å². The first-order valence-corrected chi connectivity index (χ1v) is 10.5. The Hall–Kier alpha value is -2.54. The minimum atomic E-state index is -0.525. The molecule has 1 aliphatic rings. The summed E-state index contributed by atoms with van der Waals surface area (Å²) in [5, 5.41) is 4.92. The molecule has 2 heterocycles. The van der Waals surface area contributed by atoms with Gasteiger partial charge >= 0.3 is 6.09 Å². The molecule has 0 spiro atoms. The van der Waals surface area contributed by atoms with Crippen LogP contribution in [0.2, 0.25) is 5.02 Å². The second-order valence-corrected chi connectivity index (χ2v) is 9.21. The van der Waals surface area contributed by atoms with Crippen LogP contribution in [0.1, 0.15) is 44.0 Å². The van der Waals surface area contributed by atoms with Gasteiger partial charge in [0.25, 0.3) is 5.91 Å². The van der Waals surface area contributed by atoms with Crippen molar-refractivity contribution in [2.75, 3.05) is 26.7 Å². The van der Waals surface area contributed by atoms with Crippen LogP contribution in [0.25, 0.3) is 5.69 Å². The summed E-state index contributed by atoms with van der Waals surface area (Å²) in [6, 6.07) is 7.32. The SMILES string of the molecule is CN(CC1CCCN(C(=O)c2cnn(-c3cccc(Cl)c3)c2)C1)C(=O)OC(C)(C)C. The standard InChI is InChI=1S/C22H29ClN4O3/c1-22(2,3)30-21(29)25(4)13-16-7-6-10-26(14-16)20(28)17-12-24-27(15-17)19-9-5-8-18(23)11-19/h5,8-9,11-12,15-16H,6-7,10,13-14H2,1-4H3. The van der Waals surface area contributed by atoms with E-state index in [2.05, 4.69) is 5.10 Å². The van der Waals surface area contributed by atoms with Gasteiger partial charge in [-0.25, -0.2) is 9.48 Å². The molecule has 0 aliphatic carbocycles. The summed E-state index contributed by atoms with van der Waals surface area (Å²) in [6.45, 7) is 7.42.